The van der Waals surface area contributed by atoms with Crippen molar-refractivity contribution in [1.29, 1.82) is 0 Å². The number of benzene rings is 3. The molecule has 0 aromatic heterocycles. The molecule has 2 aliphatic rings. The van der Waals surface area contributed by atoms with Crippen LogP contribution in [0.5, 0.6) is 17.2 Å². The zero-order chi connectivity index (χ0) is 29.9. The van der Waals surface area contributed by atoms with Gasteiger partial charge in [0, 0.05) is 44.3 Å². The molecule has 3 aromatic carbocycles. The SMILES string of the molecule is COc1ccccc1COCCCOc1ccc(C2CCNCC2OC[C@@H]2Cc3cccc(CCNC(C)=O)c3O2)cc1. The fraction of sp³-hybridized carbons (Fsp3) is 0.457. The van der Waals surface area contributed by atoms with Crippen molar-refractivity contribution < 1.29 is 28.5 Å². The van der Waals surface area contributed by atoms with Crippen molar-refractivity contribution in [2.45, 2.75) is 57.3 Å². The fourth-order valence-corrected chi connectivity index (χ4v) is 5.85. The van der Waals surface area contributed by atoms with E-state index in [1.165, 1.54) is 11.1 Å². The Balaban J connectivity index is 1.05. The average Bonchev–Trinajstić information content (AvgIpc) is 3.46. The first kappa shape index (κ1) is 30.9. The topological polar surface area (TPSA) is 87.3 Å². The smallest absolute Gasteiger partial charge is 0.216 e. The first-order chi connectivity index (χ1) is 21.1. The Morgan fingerprint density at radius 3 is 2.70 bits per heavy atom. The monoisotopic (exact) mass is 588 g/mol. The Kier molecular flexibility index (Phi) is 11.3. The highest BCUT2D eigenvalue weighted by atomic mass is 16.5. The number of fused-ring (bicyclic) bond motifs is 1. The zero-order valence-electron chi connectivity index (χ0n) is 25.3. The standard InChI is InChI=1S/C35H44N2O6/c1-25(38)37-18-15-27-8-5-9-28-21-31(43-35(27)28)24-42-34-22-36-17-16-32(34)26-11-13-30(14-12-26)41-20-6-19-40-23-29-7-3-4-10-33(29)39-2/h3-5,7-14,31-32,34,36H,6,15-24H2,1-2H3,(H,37,38)/t31-,32?,34?/m0/s1. The van der Waals surface area contributed by atoms with E-state index in [1.807, 2.05) is 24.3 Å². The van der Waals surface area contributed by atoms with Crippen LogP contribution in [0, 0.1) is 0 Å². The molecule has 0 bridgehead atoms. The third-order valence-corrected chi connectivity index (χ3v) is 8.06. The maximum atomic E-state index is 11.3. The molecule has 5 rings (SSSR count). The van der Waals surface area contributed by atoms with Crippen molar-refractivity contribution in [2.24, 2.45) is 0 Å². The van der Waals surface area contributed by atoms with Crippen LogP contribution in [0.1, 0.15) is 47.9 Å². The quantitative estimate of drug-likeness (QED) is 0.246. The number of para-hydroxylation sites is 2. The van der Waals surface area contributed by atoms with Crippen LogP contribution in [0.25, 0.3) is 0 Å². The second-order valence-electron chi connectivity index (χ2n) is 11.2. The number of methoxy groups -OCH3 is 1. The lowest BCUT2D eigenvalue weighted by Gasteiger charge is -2.33. The summed E-state index contributed by atoms with van der Waals surface area (Å²) in [6.07, 6.45) is 3.49. The van der Waals surface area contributed by atoms with E-state index in [0.29, 0.717) is 38.9 Å². The van der Waals surface area contributed by atoms with E-state index in [1.54, 1.807) is 14.0 Å². The molecule has 3 aromatic rings. The molecule has 0 saturated carbocycles. The lowest BCUT2D eigenvalue weighted by atomic mass is 9.87. The van der Waals surface area contributed by atoms with Crippen molar-refractivity contribution in [2.75, 3.05) is 46.6 Å². The van der Waals surface area contributed by atoms with Crippen molar-refractivity contribution in [3.8, 4) is 17.2 Å². The van der Waals surface area contributed by atoms with E-state index in [4.69, 9.17) is 23.7 Å². The second kappa shape index (κ2) is 15.8. The van der Waals surface area contributed by atoms with Gasteiger partial charge < -0.3 is 34.3 Å². The molecule has 230 valence electrons. The number of nitrogens with one attached hydrogen (secondary N) is 2. The average molecular weight is 589 g/mol. The summed E-state index contributed by atoms with van der Waals surface area (Å²) in [5.41, 5.74) is 4.67. The van der Waals surface area contributed by atoms with Gasteiger partial charge in [-0.15, -0.1) is 0 Å². The van der Waals surface area contributed by atoms with Crippen LogP contribution < -0.4 is 24.8 Å². The summed E-state index contributed by atoms with van der Waals surface area (Å²) in [5.74, 6) is 2.97. The lowest BCUT2D eigenvalue weighted by molar-refractivity contribution is -0.118. The minimum absolute atomic E-state index is 0.00558. The van der Waals surface area contributed by atoms with E-state index < -0.39 is 0 Å². The molecule has 43 heavy (non-hydrogen) atoms. The first-order valence-electron chi connectivity index (χ1n) is 15.4. The molecule has 0 radical (unpaired) electrons. The number of carbonyl (C=O) groups is 1. The molecule has 0 aliphatic carbocycles. The summed E-state index contributed by atoms with van der Waals surface area (Å²) in [6, 6.07) is 22.6. The number of carbonyl (C=O) groups excluding carboxylic acids is 1. The van der Waals surface area contributed by atoms with Gasteiger partial charge in [0.2, 0.25) is 5.91 Å². The molecule has 8 heteroatoms. The van der Waals surface area contributed by atoms with Crippen LogP contribution in [-0.4, -0.2) is 64.7 Å². The molecule has 2 unspecified atom stereocenters. The number of ether oxygens (including phenoxy) is 5. The third-order valence-electron chi connectivity index (χ3n) is 8.06. The number of hydrogen-bond donors (Lipinski definition) is 2. The van der Waals surface area contributed by atoms with E-state index in [-0.39, 0.29) is 18.1 Å². The maximum Gasteiger partial charge on any atom is 0.216 e. The fourth-order valence-electron chi connectivity index (χ4n) is 5.85. The normalized spacial score (nSPS) is 19.3. The largest absolute Gasteiger partial charge is 0.496 e. The molecular weight excluding hydrogens is 544 g/mol. The molecule has 3 atom stereocenters. The van der Waals surface area contributed by atoms with Crippen molar-refractivity contribution in [1.82, 2.24) is 10.6 Å². The molecule has 1 fully saturated rings. The van der Waals surface area contributed by atoms with Crippen LogP contribution in [0.4, 0.5) is 0 Å². The Morgan fingerprint density at radius 1 is 1.02 bits per heavy atom. The number of amides is 1. The molecule has 0 spiro atoms. The molecule has 1 saturated heterocycles. The van der Waals surface area contributed by atoms with Gasteiger partial charge in [-0.25, -0.2) is 0 Å². The van der Waals surface area contributed by atoms with Gasteiger partial charge in [0.05, 0.1) is 39.6 Å². The Hall–Kier alpha value is -3.59. The zero-order valence-corrected chi connectivity index (χ0v) is 25.3. The van der Waals surface area contributed by atoms with Crippen molar-refractivity contribution in [3.05, 3.63) is 89.0 Å². The Bertz CT molecular complexity index is 1310. The number of rotatable bonds is 15. The number of hydrogen-bond acceptors (Lipinski definition) is 7. The first-order valence-corrected chi connectivity index (χ1v) is 15.4. The molecule has 1 amide bonds. The predicted molar refractivity (Wildman–Crippen MR) is 166 cm³/mol. The molecule has 2 N–H and O–H groups in total. The second-order valence-corrected chi connectivity index (χ2v) is 11.2. The molecule has 2 aliphatic heterocycles. The third kappa shape index (κ3) is 8.72. The van der Waals surface area contributed by atoms with Crippen LogP contribution in [-0.2, 0) is 33.7 Å². The van der Waals surface area contributed by atoms with E-state index in [2.05, 4.69) is 53.1 Å². The molecular formula is C35H44N2O6. The highest BCUT2D eigenvalue weighted by molar-refractivity contribution is 5.72. The predicted octanol–water partition coefficient (Wildman–Crippen LogP) is 4.83. The van der Waals surface area contributed by atoms with Gasteiger partial charge in [0.1, 0.15) is 23.4 Å². The van der Waals surface area contributed by atoms with Crippen LogP contribution in [0.3, 0.4) is 0 Å². The van der Waals surface area contributed by atoms with Crippen molar-refractivity contribution in [3.63, 3.8) is 0 Å². The van der Waals surface area contributed by atoms with Gasteiger partial charge in [-0.05, 0) is 54.3 Å². The Labute approximate surface area is 255 Å². The highest BCUT2D eigenvalue weighted by Gasteiger charge is 2.31. The number of piperidine rings is 1. The van der Waals surface area contributed by atoms with Gasteiger partial charge in [-0.2, -0.15) is 0 Å². The summed E-state index contributed by atoms with van der Waals surface area (Å²) < 4.78 is 30.0. The van der Waals surface area contributed by atoms with E-state index in [9.17, 15) is 4.79 Å². The van der Waals surface area contributed by atoms with Gasteiger partial charge in [0.25, 0.3) is 0 Å². The van der Waals surface area contributed by atoms with Gasteiger partial charge >= 0.3 is 0 Å². The summed E-state index contributed by atoms with van der Waals surface area (Å²) in [4.78, 5) is 11.3. The summed E-state index contributed by atoms with van der Waals surface area (Å²) in [5, 5.41) is 6.37. The van der Waals surface area contributed by atoms with Gasteiger partial charge in [-0.3, -0.25) is 4.79 Å². The van der Waals surface area contributed by atoms with Crippen LogP contribution in [0.2, 0.25) is 0 Å². The van der Waals surface area contributed by atoms with Crippen molar-refractivity contribution >= 4 is 5.91 Å². The minimum Gasteiger partial charge on any atom is -0.496 e. The molecule has 2 heterocycles. The minimum atomic E-state index is -0.0141. The molecule has 8 nitrogen and oxygen atoms in total. The van der Waals surface area contributed by atoms with E-state index in [0.717, 1.165) is 67.1 Å². The summed E-state index contributed by atoms with van der Waals surface area (Å²) in [6.45, 7) is 6.23. The van der Waals surface area contributed by atoms with Crippen LogP contribution in [0.15, 0.2) is 66.7 Å². The maximum absolute atomic E-state index is 11.3. The lowest BCUT2D eigenvalue weighted by Crippen LogP contribution is -2.42. The van der Waals surface area contributed by atoms with Crippen LogP contribution >= 0.6 is 0 Å². The summed E-state index contributed by atoms with van der Waals surface area (Å²) >= 11 is 0. The highest BCUT2D eigenvalue weighted by Crippen LogP contribution is 2.34. The van der Waals surface area contributed by atoms with Gasteiger partial charge in [0.15, 0.2) is 0 Å². The van der Waals surface area contributed by atoms with Gasteiger partial charge in [-0.1, -0.05) is 48.5 Å². The van der Waals surface area contributed by atoms with E-state index >= 15 is 0 Å². The summed E-state index contributed by atoms with van der Waals surface area (Å²) in [7, 11) is 1.68. The Morgan fingerprint density at radius 2 is 1.86 bits per heavy atom.